The number of fused-ring (bicyclic) bond motifs is 2. The number of benzene rings is 6. The van der Waals surface area contributed by atoms with E-state index in [4.69, 9.17) is 9.31 Å². The molecule has 3 radical (unpaired) electrons. The minimum Gasteiger partial charge on any atom is -1.00 e. The van der Waals surface area contributed by atoms with Gasteiger partial charge in [-0.2, -0.15) is 0 Å². The van der Waals surface area contributed by atoms with Crippen LogP contribution in [-0.2, 0) is 22.5 Å². The predicted molar refractivity (Wildman–Crippen MR) is 248 cm³/mol. The summed E-state index contributed by atoms with van der Waals surface area (Å²) in [6.45, 7) is 5.10. The SMILES string of the molecule is C.CPC.N.O=C(c1ccccc1)c1ccc2c(c1)B(O)OC2.O=C(c1ccccc1)c1ccc2c(c1)B(O)OC2.O=Cc1ccc(C(=O)c2ccccc2)cc1B(O)O.[B].[H-].[Na+]. The van der Waals surface area contributed by atoms with Gasteiger partial charge in [0.15, 0.2) is 17.3 Å². The van der Waals surface area contributed by atoms with E-state index in [1.807, 2.05) is 48.5 Å². The molecule has 7 N–H and O–H groups in total. The third-order valence-electron chi connectivity index (χ3n) is 9.00. The Morgan fingerprint density at radius 2 is 0.919 bits per heavy atom. The molecule has 0 aromatic heterocycles. The van der Waals surface area contributed by atoms with Crippen LogP contribution in [-0.4, -0.2) is 86.8 Å². The van der Waals surface area contributed by atoms with Crippen LogP contribution in [0.15, 0.2) is 146 Å². The molecule has 0 bridgehead atoms. The summed E-state index contributed by atoms with van der Waals surface area (Å²) in [5.41, 5.74) is 6.68. The van der Waals surface area contributed by atoms with Crippen molar-refractivity contribution in [3.63, 3.8) is 0 Å². The van der Waals surface area contributed by atoms with Crippen molar-refractivity contribution >= 4 is 78.4 Å². The Bertz CT molecular complexity index is 2260. The second kappa shape index (κ2) is 27.5. The summed E-state index contributed by atoms with van der Waals surface area (Å²) in [6, 6.07) is 41.7. The zero-order chi connectivity index (χ0) is 41.6. The summed E-state index contributed by atoms with van der Waals surface area (Å²) >= 11 is 0. The number of aldehydes is 1. The van der Waals surface area contributed by atoms with Gasteiger partial charge in [-0.3, -0.25) is 19.2 Å². The molecule has 0 unspecified atom stereocenters. The maximum atomic E-state index is 12.2. The maximum absolute atomic E-state index is 12.2. The summed E-state index contributed by atoms with van der Waals surface area (Å²) in [5.74, 6) is -0.324. The molecule has 17 heteroatoms. The van der Waals surface area contributed by atoms with E-state index in [0.717, 1.165) is 19.7 Å². The van der Waals surface area contributed by atoms with Crippen LogP contribution >= 0.6 is 8.58 Å². The summed E-state index contributed by atoms with van der Waals surface area (Å²) in [4.78, 5) is 47.4. The quantitative estimate of drug-likeness (QED) is 0.0636. The van der Waals surface area contributed by atoms with Gasteiger partial charge in [-0.15, -0.1) is 8.58 Å². The van der Waals surface area contributed by atoms with E-state index in [1.54, 1.807) is 78.9 Å². The molecule has 11 nitrogen and oxygen atoms in total. The van der Waals surface area contributed by atoms with Crippen molar-refractivity contribution in [1.82, 2.24) is 6.15 Å². The zero-order valence-corrected chi connectivity index (χ0v) is 37.1. The number of carbonyl (C=O) groups is 4. The number of carbonyl (C=O) groups excluding carboxylic acids is 4. The van der Waals surface area contributed by atoms with Crippen molar-refractivity contribution in [2.75, 3.05) is 13.3 Å². The minimum atomic E-state index is -1.79. The monoisotopic (exact) mass is 860 g/mol. The van der Waals surface area contributed by atoms with E-state index < -0.39 is 21.4 Å². The Kier molecular flexibility index (Phi) is 24.6. The van der Waals surface area contributed by atoms with Crippen LogP contribution in [0.2, 0.25) is 0 Å². The maximum Gasteiger partial charge on any atom is 1.00 e. The minimum absolute atomic E-state index is 0. The van der Waals surface area contributed by atoms with Crippen LogP contribution in [0.5, 0.6) is 0 Å². The molecule has 2 aliphatic heterocycles. The first-order valence-electron chi connectivity index (χ1n) is 18.2. The van der Waals surface area contributed by atoms with E-state index >= 15 is 0 Å². The normalized spacial score (nSPS) is 11.2. The van der Waals surface area contributed by atoms with Crippen molar-refractivity contribution in [2.24, 2.45) is 0 Å². The molecule has 0 amide bonds. The molecule has 62 heavy (non-hydrogen) atoms. The largest absolute Gasteiger partial charge is 1.00 e. The molecular weight excluding hydrogens is 812 g/mol. The van der Waals surface area contributed by atoms with E-state index in [-0.39, 0.29) is 81.4 Å². The van der Waals surface area contributed by atoms with Crippen LogP contribution in [0.25, 0.3) is 0 Å². The molecule has 6 aromatic carbocycles. The average molecular weight is 860 g/mol. The van der Waals surface area contributed by atoms with Gasteiger partial charge in [0.05, 0.1) is 13.2 Å². The van der Waals surface area contributed by atoms with Gasteiger partial charge in [0.25, 0.3) is 0 Å². The van der Waals surface area contributed by atoms with Gasteiger partial charge in [0.2, 0.25) is 0 Å². The Balaban J connectivity index is 0.000000854. The Morgan fingerprint density at radius 3 is 1.24 bits per heavy atom. The van der Waals surface area contributed by atoms with Crippen LogP contribution < -0.4 is 52.1 Å². The van der Waals surface area contributed by atoms with Gasteiger partial charge in [0, 0.05) is 47.4 Å². The molecule has 0 saturated carbocycles. The smallest absolute Gasteiger partial charge is 1.00 e. The van der Waals surface area contributed by atoms with E-state index in [1.165, 1.54) is 18.2 Å². The topological polar surface area (TPSA) is 203 Å². The first kappa shape index (κ1) is 55.4. The molecule has 0 atom stereocenters. The molecule has 6 aromatic rings. The number of ketones is 3. The first-order chi connectivity index (χ1) is 28.1. The van der Waals surface area contributed by atoms with Crippen molar-refractivity contribution in [3.8, 4) is 0 Å². The van der Waals surface area contributed by atoms with Gasteiger partial charge in [0.1, 0.15) is 6.29 Å². The molecule has 0 spiro atoms. The number of rotatable bonds is 8. The third kappa shape index (κ3) is 14.5. The van der Waals surface area contributed by atoms with E-state index in [0.29, 0.717) is 63.8 Å². The summed E-state index contributed by atoms with van der Waals surface area (Å²) in [5, 5.41) is 37.6. The average Bonchev–Trinajstić information content (AvgIpc) is 3.84. The fraction of sp³-hybridized carbons (Fsp3) is 0.111. The Morgan fingerprint density at radius 1 is 0.597 bits per heavy atom. The van der Waals surface area contributed by atoms with Crippen LogP contribution in [0.3, 0.4) is 0 Å². The molecular formula is C45H48B4NNaO10P. The van der Waals surface area contributed by atoms with Crippen molar-refractivity contribution < 1.29 is 79.6 Å². The van der Waals surface area contributed by atoms with Crippen molar-refractivity contribution in [3.05, 3.63) is 196 Å². The number of hydrogen-bond donors (Lipinski definition) is 5. The standard InChI is InChI=1S/C14H11BO4.2C14H11BO3.C2H7P.CH4.B.H3N.Na.H/c16-9-12-7-6-11(8-13(12)15(18)19)14(17)10-4-2-1-3-5-10;2*16-14(10-4-2-1-3-5-10)11-6-7-12-9-18-15(17)13(12)8-11;1-3-2;;;;;/h1-9,18-19H;2*1-8,17H,9H2;3H,1-2H3;1H4;;1H3;;/q;;;;;;;+1;-1. The molecule has 0 fully saturated rings. The summed E-state index contributed by atoms with van der Waals surface area (Å²) < 4.78 is 10.2. The fourth-order valence-electron chi connectivity index (χ4n) is 6.03. The van der Waals surface area contributed by atoms with Gasteiger partial charge in [-0.05, 0) is 40.8 Å². The second-order valence-electron chi connectivity index (χ2n) is 13.1. The molecule has 2 aliphatic rings. The molecule has 0 aliphatic carbocycles. The fourth-order valence-corrected chi connectivity index (χ4v) is 6.03. The molecule has 311 valence electrons. The van der Waals surface area contributed by atoms with Gasteiger partial charge < -0.3 is 37.0 Å². The van der Waals surface area contributed by atoms with E-state index in [9.17, 15) is 39.3 Å². The molecule has 8 rings (SSSR count). The number of hydrogen-bond acceptors (Lipinski definition) is 11. The summed E-state index contributed by atoms with van der Waals surface area (Å²) in [6.07, 6.45) is 0.519. The Labute approximate surface area is 391 Å². The first-order valence-corrected chi connectivity index (χ1v) is 20.2. The Hall–Kier alpha value is -4.59. The molecule has 2 heterocycles. The second-order valence-corrected chi connectivity index (χ2v) is 14.1. The zero-order valence-electron chi connectivity index (χ0n) is 35.1. The van der Waals surface area contributed by atoms with E-state index in [2.05, 4.69) is 13.3 Å². The molecule has 0 saturated heterocycles. The van der Waals surface area contributed by atoms with Gasteiger partial charge >= 0.3 is 50.9 Å². The van der Waals surface area contributed by atoms with Crippen LogP contribution in [0.1, 0.15) is 78.1 Å². The van der Waals surface area contributed by atoms with Crippen molar-refractivity contribution in [1.29, 1.82) is 0 Å². The van der Waals surface area contributed by atoms with Gasteiger partial charge in [-0.1, -0.05) is 153 Å². The third-order valence-corrected chi connectivity index (χ3v) is 9.00. The van der Waals surface area contributed by atoms with Crippen LogP contribution in [0, 0.1) is 0 Å². The van der Waals surface area contributed by atoms with Gasteiger partial charge in [-0.25, -0.2) is 0 Å². The van der Waals surface area contributed by atoms with Crippen molar-refractivity contribution in [2.45, 2.75) is 20.6 Å². The predicted octanol–water partition coefficient (Wildman–Crippen LogP) is 1.14. The van der Waals surface area contributed by atoms with Crippen LogP contribution in [0.4, 0.5) is 0 Å². The summed E-state index contributed by atoms with van der Waals surface area (Å²) in [7, 11) is -2.53.